The molecule has 2 unspecified atom stereocenters. The number of rotatable bonds is 2. The number of pyridine rings is 1. The second kappa shape index (κ2) is 5.13. The van der Waals surface area contributed by atoms with E-state index in [9.17, 15) is 8.42 Å². The third-order valence-electron chi connectivity index (χ3n) is 2.86. The van der Waals surface area contributed by atoms with Gasteiger partial charge in [-0.25, -0.2) is 13.4 Å². The Labute approximate surface area is 112 Å². The molecule has 1 aromatic rings. The van der Waals surface area contributed by atoms with Crippen molar-refractivity contribution in [2.24, 2.45) is 0 Å². The van der Waals surface area contributed by atoms with Crippen LogP contribution in [0.15, 0.2) is 23.2 Å². The Kier molecular flexibility index (Phi) is 3.91. The summed E-state index contributed by atoms with van der Waals surface area (Å²) in [7, 11) is -3.53. The highest BCUT2D eigenvalue weighted by atomic mass is 35.5. The van der Waals surface area contributed by atoms with E-state index in [1.165, 1.54) is 22.6 Å². The molecule has 2 atom stereocenters. The summed E-state index contributed by atoms with van der Waals surface area (Å²) >= 11 is 5.66. The molecule has 2 rings (SSSR count). The highest BCUT2D eigenvalue weighted by molar-refractivity contribution is 7.89. The van der Waals surface area contributed by atoms with Crippen LogP contribution in [0.3, 0.4) is 0 Å². The van der Waals surface area contributed by atoms with Crippen molar-refractivity contribution < 1.29 is 13.2 Å². The molecule has 7 heteroatoms. The lowest BCUT2D eigenvalue weighted by Crippen LogP contribution is -2.50. The smallest absolute Gasteiger partial charge is 0.245 e. The zero-order chi connectivity index (χ0) is 13.3. The van der Waals surface area contributed by atoms with Crippen molar-refractivity contribution in [3.05, 3.63) is 23.5 Å². The minimum atomic E-state index is -3.53. The van der Waals surface area contributed by atoms with Gasteiger partial charge in [-0.1, -0.05) is 11.6 Å². The van der Waals surface area contributed by atoms with Crippen molar-refractivity contribution in [1.29, 1.82) is 0 Å². The topological polar surface area (TPSA) is 59.5 Å². The van der Waals surface area contributed by atoms with Gasteiger partial charge in [-0.3, -0.25) is 0 Å². The van der Waals surface area contributed by atoms with Gasteiger partial charge < -0.3 is 4.74 Å². The van der Waals surface area contributed by atoms with E-state index < -0.39 is 10.0 Å². The fourth-order valence-corrected chi connectivity index (χ4v) is 3.61. The Hall–Kier alpha value is -0.690. The first-order chi connectivity index (χ1) is 8.41. The van der Waals surface area contributed by atoms with Gasteiger partial charge in [-0.15, -0.1) is 0 Å². The van der Waals surface area contributed by atoms with E-state index in [-0.39, 0.29) is 22.2 Å². The Morgan fingerprint density at radius 2 is 2.17 bits per heavy atom. The van der Waals surface area contributed by atoms with Gasteiger partial charge in [0.1, 0.15) is 10.0 Å². The molecule has 2 heterocycles. The Morgan fingerprint density at radius 1 is 1.44 bits per heavy atom. The van der Waals surface area contributed by atoms with Gasteiger partial charge in [0.15, 0.2) is 0 Å². The molecule has 100 valence electrons. The molecule has 0 N–H and O–H groups in total. The molecule has 0 aliphatic carbocycles. The van der Waals surface area contributed by atoms with Crippen LogP contribution in [0, 0.1) is 0 Å². The van der Waals surface area contributed by atoms with Crippen LogP contribution in [-0.2, 0) is 14.8 Å². The molecule has 1 aliphatic heterocycles. The van der Waals surface area contributed by atoms with Gasteiger partial charge in [0.05, 0.1) is 12.7 Å². The fraction of sp³-hybridized carbons (Fsp3) is 0.545. The first-order valence-electron chi connectivity index (χ1n) is 5.66. The zero-order valence-corrected chi connectivity index (χ0v) is 11.8. The van der Waals surface area contributed by atoms with Crippen LogP contribution >= 0.6 is 11.6 Å². The maximum Gasteiger partial charge on any atom is 0.245 e. The monoisotopic (exact) mass is 290 g/mol. The van der Waals surface area contributed by atoms with Crippen LogP contribution in [0.25, 0.3) is 0 Å². The molecule has 18 heavy (non-hydrogen) atoms. The van der Waals surface area contributed by atoms with Gasteiger partial charge in [0.2, 0.25) is 10.0 Å². The maximum absolute atomic E-state index is 12.4. The Bertz CT molecular complexity index is 518. The van der Waals surface area contributed by atoms with Crippen molar-refractivity contribution in [3.63, 3.8) is 0 Å². The van der Waals surface area contributed by atoms with E-state index in [1.54, 1.807) is 0 Å². The Balaban J connectivity index is 2.32. The normalized spacial score (nSPS) is 26.2. The average molecular weight is 291 g/mol. The number of halogens is 1. The molecular formula is C11H15ClN2O3S. The van der Waals surface area contributed by atoms with E-state index in [2.05, 4.69) is 4.98 Å². The minimum Gasteiger partial charge on any atom is -0.375 e. The molecule has 0 saturated carbocycles. The number of ether oxygens (including phenoxy) is 1. The summed E-state index contributed by atoms with van der Waals surface area (Å²) in [6.07, 6.45) is 1.18. The van der Waals surface area contributed by atoms with Gasteiger partial charge in [-0.05, 0) is 26.0 Å². The van der Waals surface area contributed by atoms with Crippen LogP contribution in [0.5, 0.6) is 0 Å². The van der Waals surface area contributed by atoms with Gasteiger partial charge in [0, 0.05) is 18.8 Å². The van der Waals surface area contributed by atoms with Crippen LogP contribution in [-0.4, -0.2) is 43.0 Å². The minimum absolute atomic E-state index is 0.101. The third kappa shape index (κ3) is 2.66. The van der Waals surface area contributed by atoms with Crippen LogP contribution in [0.4, 0.5) is 0 Å². The molecule has 0 amide bonds. The SMILES string of the molecule is CC1CN(S(=O)(=O)c2ccc(Cl)nc2)C(C)CO1. The predicted octanol–water partition coefficient (Wildman–Crippen LogP) is 1.53. The van der Waals surface area contributed by atoms with E-state index in [0.717, 1.165) is 0 Å². The fourth-order valence-electron chi connectivity index (χ4n) is 1.86. The van der Waals surface area contributed by atoms with Crippen molar-refractivity contribution >= 4 is 21.6 Å². The lowest BCUT2D eigenvalue weighted by molar-refractivity contribution is -0.0170. The van der Waals surface area contributed by atoms with Gasteiger partial charge >= 0.3 is 0 Å². The molecule has 0 aromatic carbocycles. The molecule has 1 aliphatic rings. The molecule has 0 radical (unpaired) electrons. The van der Waals surface area contributed by atoms with Crippen molar-refractivity contribution in [3.8, 4) is 0 Å². The number of nitrogens with zero attached hydrogens (tertiary/aromatic N) is 2. The number of sulfonamides is 1. The quantitative estimate of drug-likeness (QED) is 0.775. The van der Waals surface area contributed by atoms with Gasteiger partial charge in [-0.2, -0.15) is 4.31 Å². The number of hydrogen-bond acceptors (Lipinski definition) is 4. The summed E-state index contributed by atoms with van der Waals surface area (Å²) in [5.41, 5.74) is 0. The van der Waals surface area contributed by atoms with Gasteiger partial charge in [0.25, 0.3) is 0 Å². The molecule has 1 fully saturated rings. The Morgan fingerprint density at radius 3 is 2.78 bits per heavy atom. The summed E-state index contributed by atoms with van der Waals surface area (Å²) in [6.45, 7) is 4.44. The summed E-state index contributed by atoms with van der Waals surface area (Å²) < 4.78 is 31.8. The first-order valence-corrected chi connectivity index (χ1v) is 7.48. The van der Waals surface area contributed by atoms with Crippen molar-refractivity contribution in [1.82, 2.24) is 9.29 Å². The van der Waals surface area contributed by atoms with E-state index >= 15 is 0 Å². The molecule has 5 nitrogen and oxygen atoms in total. The number of hydrogen-bond donors (Lipinski definition) is 0. The van der Waals surface area contributed by atoms with Crippen LogP contribution < -0.4 is 0 Å². The average Bonchev–Trinajstić information content (AvgIpc) is 2.32. The summed E-state index contributed by atoms with van der Waals surface area (Å²) in [4.78, 5) is 3.97. The summed E-state index contributed by atoms with van der Waals surface area (Å²) in [5.74, 6) is 0. The van der Waals surface area contributed by atoms with E-state index in [0.29, 0.717) is 13.2 Å². The molecule has 0 bridgehead atoms. The van der Waals surface area contributed by atoms with E-state index in [1.807, 2.05) is 13.8 Å². The largest absolute Gasteiger partial charge is 0.375 e. The third-order valence-corrected chi connectivity index (χ3v) is 5.04. The molecule has 1 aromatic heterocycles. The standard InChI is InChI=1S/C11H15ClN2O3S/c1-8-7-17-9(2)6-14(8)18(15,16)10-3-4-11(12)13-5-10/h3-5,8-9H,6-7H2,1-2H3. The molecule has 0 spiro atoms. The highest BCUT2D eigenvalue weighted by Crippen LogP contribution is 2.22. The van der Waals surface area contributed by atoms with Crippen molar-refractivity contribution in [2.75, 3.05) is 13.2 Å². The zero-order valence-electron chi connectivity index (χ0n) is 10.2. The highest BCUT2D eigenvalue weighted by Gasteiger charge is 2.34. The summed E-state index contributed by atoms with van der Waals surface area (Å²) in [5, 5.41) is 0.275. The van der Waals surface area contributed by atoms with E-state index in [4.69, 9.17) is 16.3 Å². The van der Waals surface area contributed by atoms with Crippen LogP contribution in [0.1, 0.15) is 13.8 Å². The maximum atomic E-state index is 12.4. The molecular weight excluding hydrogens is 276 g/mol. The van der Waals surface area contributed by atoms with Crippen LogP contribution in [0.2, 0.25) is 5.15 Å². The second-order valence-electron chi connectivity index (χ2n) is 4.38. The lowest BCUT2D eigenvalue weighted by atomic mass is 10.2. The lowest BCUT2D eigenvalue weighted by Gasteiger charge is -2.35. The summed E-state index contributed by atoms with van der Waals surface area (Å²) in [6, 6.07) is 2.77. The number of morpholine rings is 1. The van der Waals surface area contributed by atoms with Crippen molar-refractivity contribution in [2.45, 2.75) is 30.9 Å². The molecule has 1 saturated heterocycles. The first kappa shape index (κ1) is 13.7. The predicted molar refractivity (Wildman–Crippen MR) is 68.0 cm³/mol. The second-order valence-corrected chi connectivity index (χ2v) is 6.66. The number of aromatic nitrogens is 1.